The average molecular weight is 309 g/mol. The Bertz CT molecular complexity index is 687. The molecule has 0 radical (unpaired) electrons. The number of carboxylic acids is 1. The fourth-order valence-corrected chi connectivity index (χ4v) is 2.39. The molecule has 1 aromatic carbocycles. The van der Waals surface area contributed by atoms with Gasteiger partial charge in [-0.25, -0.2) is 19.0 Å². The van der Waals surface area contributed by atoms with Crippen molar-refractivity contribution in [2.24, 2.45) is 0 Å². The SMILES string of the molecule is Cc1ncsc1CNC(=O)Nc1cccc(F)c1C(=O)O. The zero-order chi connectivity index (χ0) is 15.4. The van der Waals surface area contributed by atoms with Crippen LogP contribution in [0.15, 0.2) is 23.7 Å². The van der Waals surface area contributed by atoms with Gasteiger partial charge < -0.3 is 15.7 Å². The van der Waals surface area contributed by atoms with E-state index in [-0.39, 0.29) is 12.2 Å². The fraction of sp³-hybridized carbons (Fsp3) is 0.154. The van der Waals surface area contributed by atoms with Gasteiger partial charge in [0, 0.05) is 4.88 Å². The highest BCUT2D eigenvalue weighted by Gasteiger charge is 2.17. The summed E-state index contributed by atoms with van der Waals surface area (Å²) >= 11 is 1.40. The smallest absolute Gasteiger partial charge is 0.340 e. The van der Waals surface area contributed by atoms with Crippen molar-refractivity contribution in [3.05, 3.63) is 45.7 Å². The van der Waals surface area contributed by atoms with Crippen LogP contribution in [-0.4, -0.2) is 22.1 Å². The number of anilines is 1. The van der Waals surface area contributed by atoms with Crippen LogP contribution in [0.2, 0.25) is 0 Å². The summed E-state index contributed by atoms with van der Waals surface area (Å²) in [5.74, 6) is -2.35. The minimum absolute atomic E-state index is 0.0963. The lowest BCUT2D eigenvalue weighted by molar-refractivity contribution is 0.0693. The molecule has 0 spiro atoms. The van der Waals surface area contributed by atoms with E-state index in [0.29, 0.717) is 0 Å². The largest absolute Gasteiger partial charge is 0.478 e. The number of halogens is 1. The molecule has 8 heteroatoms. The summed E-state index contributed by atoms with van der Waals surface area (Å²) in [6.45, 7) is 2.08. The van der Waals surface area contributed by atoms with Gasteiger partial charge in [0.15, 0.2) is 0 Å². The van der Waals surface area contributed by atoms with Gasteiger partial charge in [-0.2, -0.15) is 0 Å². The predicted molar refractivity (Wildman–Crippen MR) is 76.1 cm³/mol. The van der Waals surface area contributed by atoms with Crippen LogP contribution in [0.25, 0.3) is 0 Å². The maximum absolute atomic E-state index is 13.5. The van der Waals surface area contributed by atoms with Crippen LogP contribution in [0.3, 0.4) is 0 Å². The van der Waals surface area contributed by atoms with Crippen LogP contribution in [0, 0.1) is 12.7 Å². The van der Waals surface area contributed by atoms with Crippen molar-refractivity contribution >= 4 is 29.0 Å². The molecule has 2 amide bonds. The molecule has 2 rings (SSSR count). The van der Waals surface area contributed by atoms with Crippen LogP contribution in [-0.2, 0) is 6.54 Å². The van der Waals surface area contributed by atoms with Crippen molar-refractivity contribution < 1.29 is 19.1 Å². The molecule has 110 valence electrons. The predicted octanol–water partition coefficient (Wildman–Crippen LogP) is 2.61. The lowest BCUT2D eigenvalue weighted by Crippen LogP contribution is -2.29. The number of carbonyl (C=O) groups is 2. The Balaban J connectivity index is 2.05. The number of urea groups is 1. The van der Waals surface area contributed by atoms with E-state index in [1.165, 1.54) is 23.5 Å². The summed E-state index contributed by atoms with van der Waals surface area (Å²) < 4.78 is 13.5. The van der Waals surface area contributed by atoms with Crippen LogP contribution < -0.4 is 10.6 Å². The van der Waals surface area contributed by atoms with E-state index in [2.05, 4.69) is 15.6 Å². The van der Waals surface area contributed by atoms with E-state index < -0.39 is 23.4 Å². The molecule has 0 saturated heterocycles. The Labute approximate surface area is 123 Å². The first-order chi connectivity index (χ1) is 9.99. The zero-order valence-electron chi connectivity index (χ0n) is 11.0. The number of aromatic nitrogens is 1. The molecule has 0 aliphatic heterocycles. The second kappa shape index (κ2) is 6.31. The molecule has 0 aliphatic carbocycles. The molecule has 3 N–H and O–H groups in total. The van der Waals surface area contributed by atoms with Crippen molar-refractivity contribution in [2.45, 2.75) is 13.5 Å². The van der Waals surface area contributed by atoms with Crippen LogP contribution in [0.4, 0.5) is 14.9 Å². The summed E-state index contributed by atoms with van der Waals surface area (Å²) in [6.07, 6.45) is 0. The quantitative estimate of drug-likeness (QED) is 0.809. The molecule has 6 nitrogen and oxygen atoms in total. The molecular weight excluding hydrogens is 297 g/mol. The van der Waals surface area contributed by atoms with Gasteiger partial charge in [-0.1, -0.05) is 6.07 Å². The number of nitrogens with one attached hydrogen (secondary N) is 2. The van der Waals surface area contributed by atoms with E-state index in [9.17, 15) is 14.0 Å². The average Bonchev–Trinajstić information content (AvgIpc) is 2.81. The highest BCUT2D eigenvalue weighted by molar-refractivity contribution is 7.09. The van der Waals surface area contributed by atoms with E-state index in [1.807, 2.05) is 6.92 Å². The highest BCUT2D eigenvalue weighted by atomic mass is 32.1. The summed E-state index contributed by atoms with van der Waals surface area (Å²) in [5, 5.41) is 13.9. The van der Waals surface area contributed by atoms with E-state index >= 15 is 0 Å². The minimum atomic E-state index is -1.44. The number of carboxylic acid groups (broad SMARTS) is 1. The number of nitrogens with zero attached hydrogens (tertiary/aromatic N) is 1. The third kappa shape index (κ3) is 3.54. The molecule has 1 heterocycles. The molecule has 2 aromatic rings. The highest BCUT2D eigenvalue weighted by Crippen LogP contribution is 2.19. The maximum Gasteiger partial charge on any atom is 0.340 e. The first-order valence-corrected chi connectivity index (χ1v) is 6.82. The van der Waals surface area contributed by atoms with Gasteiger partial charge in [-0.15, -0.1) is 11.3 Å². The second-order valence-electron chi connectivity index (χ2n) is 4.14. The summed E-state index contributed by atoms with van der Waals surface area (Å²) in [6, 6.07) is 3.05. The normalized spacial score (nSPS) is 10.2. The molecule has 21 heavy (non-hydrogen) atoms. The number of benzene rings is 1. The van der Waals surface area contributed by atoms with Crippen LogP contribution in [0.1, 0.15) is 20.9 Å². The molecule has 0 saturated carbocycles. The second-order valence-corrected chi connectivity index (χ2v) is 5.08. The minimum Gasteiger partial charge on any atom is -0.478 e. The summed E-state index contributed by atoms with van der Waals surface area (Å²) in [4.78, 5) is 27.7. The van der Waals surface area contributed by atoms with E-state index in [1.54, 1.807) is 5.51 Å². The molecule has 0 atom stereocenters. The third-order valence-corrected chi connectivity index (χ3v) is 3.67. The molecular formula is C13H12FN3O3S. The number of rotatable bonds is 4. The Morgan fingerprint density at radius 3 is 2.81 bits per heavy atom. The number of thiazole rings is 1. The lowest BCUT2D eigenvalue weighted by Gasteiger charge is -2.10. The topological polar surface area (TPSA) is 91.3 Å². The molecule has 0 bridgehead atoms. The number of hydrogen-bond donors (Lipinski definition) is 3. The Morgan fingerprint density at radius 2 is 2.19 bits per heavy atom. The molecule has 0 fully saturated rings. The van der Waals surface area contributed by atoms with Crippen molar-refractivity contribution in [2.75, 3.05) is 5.32 Å². The van der Waals surface area contributed by atoms with Crippen molar-refractivity contribution in [1.82, 2.24) is 10.3 Å². The van der Waals surface area contributed by atoms with Crippen LogP contribution in [0.5, 0.6) is 0 Å². The number of aryl methyl sites for hydroxylation is 1. The molecule has 1 aromatic heterocycles. The van der Waals surface area contributed by atoms with Gasteiger partial charge in [0.2, 0.25) is 0 Å². The Morgan fingerprint density at radius 1 is 1.43 bits per heavy atom. The zero-order valence-corrected chi connectivity index (χ0v) is 11.8. The standard InChI is InChI=1S/C13H12FN3O3S/c1-7-10(21-6-16-7)5-15-13(20)17-9-4-2-3-8(14)11(9)12(18)19/h2-4,6H,5H2,1H3,(H,18,19)(H2,15,17,20). The van der Waals surface area contributed by atoms with Gasteiger partial charge in [-0.3, -0.25) is 0 Å². The number of hydrogen-bond acceptors (Lipinski definition) is 4. The summed E-state index contributed by atoms with van der Waals surface area (Å²) in [7, 11) is 0. The Hall–Kier alpha value is -2.48. The van der Waals surface area contributed by atoms with Crippen molar-refractivity contribution in [3.63, 3.8) is 0 Å². The monoisotopic (exact) mass is 309 g/mol. The molecule has 0 unspecified atom stereocenters. The molecule has 0 aliphatic rings. The van der Waals surface area contributed by atoms with Crippen molar-refractivity contribution in [1.29, 1.82) is 0 Å². The number of amides is 2. The number of aromatic carboxylic acids is 1. The van der Waals surface area contributed by atoms with Gasteiger partial charge >= 0.3 is 12.0 Å². The van der Waals surface area contributed by atoms with Gasteiger partial charge in [0.1, 0.15) is 11.4 Å². The van der Waals surface area contributed by atoms with Gasteiger partial charge in [-0.05, 0) is 19.1 Å². The van der Waals surface area contributed by atoms with Crippen molar-refractivity contribution in [3.8, 4) is 0 Å². The fourth-order valence-electron chi connectivity index (χ4n) is 1.67. The van der Waals surface area contributed by atoms with Gasteiger partial charge in [0.05, 0.1) is 23.4 Å². The van der Waals surface area contributed by atoms with Crippen LogP contribution >= 0.6 is 11.3 Å². The lowest BCUT2D eigenvalue weighted by atomic mass is 10.1. The first-order valence-electron chi connectivity index (χ1n) is 5.94. The Kier molecular flexibility index (Phi) is 4.49. The third-order valence-electron chi connectivity index (χ3n) is 2.73. The first kappa shape index (κ1) is 14.9. The van der Waals surface area contributed by atoms with E-state index in [4.69, 9.17) is 5.11 Å². The number of carbonyl (C=O) groups excluding carboxylic acids is 1. The van der Waals surface area contributed by atoms with E-state index in [0.717, 1.165) is 16.6 Å². The van der Waals surface area contributed by atoms with Gasteiger partial charge in [0.25, 0.3) is 0 Å². The maximum atomic E-state index is 13.5. The summed E-state index contributed by atoms with van der Waals surface area (Å²) in [5.41, 5.74) is 1.82.